The minimum atomic E-state index is -4.46. The highest BCUT2D eigenvalue weighted by atomic mass is 19.4. The molecule has 2 heterocycles. The van der Waals surface area contributed by atoms with Crippen molar-refractivity contribution in [2.45, 2.75) is 31.5 Å². The molecule has 3 rings (SSSR count). The number of halogens is 3. The summed E-state index contributed by atoms with van der Waals surface area (Å²) in [6.45, 7) is 2.18. The molecule has 1 saturated heterocycles. The Morgan fingerprint density at radius 1 is 1.19 bits per heavy atom. The summed E-state index contributed by atoms with van der Waals surface area (Å²) in [7, 11) is 0. The normalized spacial score (nSPS) is 17.2. The monoisotopic (exact) mass is 365 g/mol. The number of piperidine rings is 1. The maximum Gasteiger partial charge on any atom is 0.416 e. The van der Waals surface area contributed by atoms with E-state index < -0.39 is 17.3 Å². The molecule has 1 aliphatic rings. The average Bonchev–Trinajstić information content (AvgIpc) is 2.62. The molecular formula is C18H18F3N3O2. The fourth-order valence-electron chi connectivity index (χ4n) is 3.04. The molecule has 138 valence electrons. The highest BCUT2D eigenvalue weighted by Crippen LogP contribution is 2.36. The Hall–Kier alpha value is -2.48. The van der Waals surface area contributed by atoms with Crippen LogP contribution < -0.4 is 0 Å². The molecule has 0 bridgehead atoms. The van der Waals surface area contributed by atoms with E-state index in [0.717, 1.165) is 12.1 Å². The van der Waals surface area contributed by atoms with Gasteiger partial charge in [-0.05, 0) is 37.5 Å². The third-order valence-electron chi connectivity index (χ3n) is 4.63. The van der Waals surface area contributed by atoms with Crippen molar-refractivity contribution in [1.82, 2.24) is 14.9 Å². The second kappa shape index (κ2) is 6.68. The van der Waals surface area contributed by atoms with Crippen LogP contribution in [0, 0.1) is 6.92 Å². The minimum absolute atomic E-state index is 0.159. The van der Waals surface area contributed by atoms with Gasteiger partial charge in [0.15, 0.2) is 0 Å². The van der Waals surface area contributed by atoms with Crippen molar-refractivity contribution in [2.24, 2.45) is 0 Å². The predicted octanol–water partition coefficient (Wildman–Crippen LogP) is 2.93. The number of benzene rings is 1. The van der Waals surface area contributed by atoms with Gasteiger partial charge in [0.2, 0.25) is 0 Å². The first kappa shape index (κ1) is 18.3. The predicted molar refractivity (Wildman–Crippen MR) is 87.2 cm³/mol. The second-order valence-corrected chi connectivity index (χ2v) is 6.42. The van der Waals surface area contributed by atoms with Gasteiger partial charge in [-0.25, -0.2) is 9.97 Å². The van der Waals surface area contributed by atoms with Crippen LogP contribution in [-0.2, 0) is 11.8 Å². The number of nitrogens with zero attached hydrogens (tertiary/aromatic N) is 3. The van der Waals surface area contributed by atoms with Gasteiger partial charge >= 0.3 is 6.18 Å². The quantitative estimate of drug-likeness (QED) is 0.889. The maximum atomic E-state index is 12.9. The van der Waals surface area contributed by atoms with Gasteiger partial charge in [0.1, 0.15) is 5.82 Å². The highest BCUT2D eigenvalue weighted by molar-refractivity contribution is 5.93. The number of aromatic nitrogens is 2. The maximum absolute atomic E-state index is 12.9. The van der Waals surface area contributed by atoms with Crippen LogP contribution in [0.1, 0.15) is 40.2 Å². The number of rotatable bonds is 2. The Morgan fingerprint density at radius 2 is 1.81 bits per heavy atom. The Balaban J connectivity index is 1.73. The lowest BCUT2D eigenvalue weighted by Crippen LogP contribution is -2.45. The van der Waals surface area contributed by atoms with Crippen molar-refractivity contribution in [3.05, 3.63) is 59.2 Å². The van der Waals surface area contributed by atoms with Crippen LogP contribution in [0.15, 0.2) is 36.7 Å². The molecule has 0 saturated carbocycles. The molecule has 0 radical (unpaired) electrons. The van der Waals surface area contributed by atoms with Crippen molar-refractivity contribution in [3.63, 3.8) is 0 Å². The van der Waals surface area contributed by atoms with Crippen molar-refractivity contribution in [2.75, 3.05) is 13.1 Å². The summed E-state index contributed by atoms with van der Waals surface area (Å²) in [5.74, 6) is 0.301. The van der Waals surface area contributed by atoms with Gasteiger partial charge in [-0.3, -0.25) is 4.79 Å². The third-order valence-corrected chi connectivity index (χ3v) is 4.63. The van der Waals surface area contributed by atoms with Gasteiger partial charge in [-0.15, -0.1) is 0 Å². The van der Waals surface area contributed by atoms with Gasteiger partial charge in [-0.1, -0.05) is 12.1 Å². The third kappa shape index (κ3) is 3.70. The molecule has 1 amide bonds. The molecule has 1 aliphatic heterocycles. The smallest absolute Gasteiger partial charge is 0.385 e. The van der Waals surface area contributed by atoms with E-state index in [0.29, 0.717) is 11.4 Å². The van der Waals surface area contributed by atoms with E-state index in [4.69, 9.17) is 0 Å². The topological polar surface area (TPSA) is 66.3 Å². The molecule has 0 unspecified atom stereocenters. The molecule has 0 aliphatic carbocycles. The van der Waals surface area contributed by atoms with Crippen molar-refractivity contribution in [3.8, 4) is 0 Å². The number of carbonyl (C=O) groups excluding carboxylic acids is 1. The highest BCUT2D eigenvalue weighted by Gasteiger charge is 2.38. The molecule has 1 aromatic heterocycles. The molecule has 5 nitrogen and oxygen atoms in total. The number of aliphatic hydroxyl groups is 1. The summed E-state index contributed by atoms with van der Waals surface area (Å²) in [6.07, 6.45) is -1.26. The summed E-state index contributed by atoms with van der Waals surface area (Å²) in [5, 5.41) is 10.8. The second-order valence-electron chi connectivity index (χ2n) is 6.42. The van der Waals surface area contributed by atoms with E-state index in [1.165, 1.54) is 24.5 Å². The average molecular weight is 365 g/mol. The Kier molecular flexibility index (Phi) is 4.70. The fourth-order valence-corrected chi connectivity index (χ4v) is 3.04. The van der Waals surface area contributed by atoms with Crippen LogP contribution in [0.2, 0.25) is 0 Å². The molecular weight excluding hydrogens is 347 g/mol. The summed E-state index contributed by atoms with van der Waals surface area (Å²) >= 11 is 0. The van der Waals surface area contributed by atoms with Gasteiger partial charge in [0.05, 0.1) is 16.7 Å². The van der Waals surface area contributed by atoms with Crippen molar-refractivity contribution < 1.29 is 23.1 Å². The van der Waals surface area contributed by atoms with E-state index in [-0.39, 0.29) is 37.4 Å². The lowest BCUT2D eigenvalue weighted by Gasteiger charge is -2.38. The van der Waals surface area contributed by atoms with Crippen molar-refractivity contribution in [1.29, 1.82) is 0 Å². The zero-order valence-corrected chi connectivity index (χ0v) is 14.1. The van der Waals surface area contributed by atoms with Gasteiger partial charge in [0.25, 0.3) is 5.91 Å². The minimum Gasteiger partial charge on any atom is -0.385 e. The van der Waals surface area contributed by atoms with Crippen molar-refractivity contribution >= 4 is 5.91 Å². The summed E-state index contributed by atoms with van der Waals surface area (Å²) < 4.78 is 38.7. The van der Waals surface area contributed by atoms with Crippen LogP contribution in [0.4, 0.5) is 13.2 Å². The molecule has 26 heavy (non-hydrogen) atoms. The van der Waals surface area contributed by atoms with Crippen LogP contribution in [0.3, 0.4) is 0 Å². The molecule has 2 aromatic rings. The van der Waals surface area contributed by atoms with E-state index in [1.807, 2.05) is 0 Å². The van der Waals surface area contributed by atoms with Crippen LogP contribution in [-0.4, -0.2) is 39.0 Å². The molecule has 1 fully saturated rings. The van der Waals surface area contributed by atoms with Crippen LogP contribution >= 0.6 is 0 Å². The zero-order chi connectivity index (χ0) is 18.9. The summed E-state index contributed by atoms with van der Waals surface area (Å²) in [5.41, 5.74) is -1.61. The van der Waals surface area contributed by atoms with Crippen LogP contribution in [0.25, 0.3) is 0 Å². The van der Waals surface area contributed by atoms with E-state index in [9.17, 15) is 23.1 Å². The van der Waals surface area contributed by atoms with Gasteiger partial charge in [-0.2, -0.15) is 13.2 Å². The number of hydrogen-bond acceptors (Lipinski definition) is 4. The first-order valence-electron chi connectivity index (χ1n) is 8.17. The van der Waals surface area contributed by atoms with E-state index >= 15 is 0 Å². The first-order valence-corrected chi connectivity index (χ1v) is 8.17. The number of amides is 1. The SMILES string of the molecule is Cc1ncc(C(=O)N2CCC(O)(c3cccc(C(F)(F)F)c3)CC2)cn1. The van der Waals surface area contributed by atoms with E-state index in [2.05, 4.69) is 9.97 Å². The lowest BCUT2D eigenvalue weighted by atomic mass is 9.83. The lowest BCUT2D eigenvalue weighted by molar-refractivity contribution is -0.137. The fraction of sp³-hybridized carbons (Fsp3) is 0.389. The molecule has 0 atom stereocenters. The Bertz CT molecular complexity index is 798. The molecule has 1 aromatic carbocycles. The number of alkyl halides is 3. The Labute approximate surface area is 148 Å². The zero-order valence-electron chi connectivity index (χ0n) is 14.1. The van der Waals surface area contributed by atoms with Gasteiger partial charge < -0.3 is 10.0 Å². The summed E-state index contributed by atoms with van der Waals surface area (Å²) in [4.78, 5) is 22.0. The number of aryl methyl sites for hydroxylation is 1. The standard InChI is InChI=1S/C18H18F3N3O2/c1-12-22-10-13(11-23-12)16(25)24-7-5-17(26,6-8-24)14-3-2-4-15(9-14)18(19,20)21/h2-4,9-11,26H,5-8H2,1H3. The molecule has 0 spiro atoms. The van der Waals surface area contributed by atoms with Gasteiger partial charge in [0, 0.05) is 25.5 Å². The number of likely N-dealkylation sites (tertiary alicyclic amines) is 1. The molecule has 8 heteroatoms. The largest absolute Gasteiger partial charge is 0.416 e. The number of carbonyl (C=O) groups is 1. The molecule has 1 N–H and O–H groups in total. The summed E-state index contributed by atoms with van der Waals surface area (Å²) in [6, 6.07) is 4.73. The number of hydrogen-bond donors (Lipinski definition) is 1. The van der Waals surface area contributed by atoms with E-state index in [1.54, 1.807) is 11.8 Å². The first-order chi connectivity index (χ1) is 12.2. The Morgan fingerprint density at radius 3 is 2.38 bits per heavy atom. The van der Waals surface area contributed by atoms with Crippen LogP contribution in [0.5, 0.6) is 0 Å².